The van der Waals surface area contributed by atoms with Gasteiger partial charge in [0.25, 0.3) is 6.47 Å². The lowest BCUT2D eigenvalue weighted by atomic mass is 9.90. The van der Waals surface area contributed by atoms with Crippen molar-refractivity contribution in [2.75, 3.05) is 26.2 Å². The van der Waals surface area contributed by atoms with E-state index < -0.39 is 0 Å². The lowest BCUT2D eigenvalue weighted by Crippen LogP contribution is -2.25. The molecule has 0 aromatic heterocycles. The fourth-order valence-electron chi connectivity index (χ4n) is 8.27. The van der Waals surface area contributed by atoms with Crippen molar-refractivity contribution in [3.05, 3.63) is 0 Å². The number of nitrogens with zero attached hydrogens (tertiary/aromatic N) is 1. The molecular formula is C49H99NO4. The van der Waals surface area contributed by atoms with E-state index in [1.807, 2.05) is 0 Å². The molecule has 1 N–H and O–H groups in total. The summed E-state index contributed by atoms with van der Waals surface area (Å²) in [4.78, 5) is 23.3. The van der Waals surface area contributed by atoms with Crippen LogP contribution in [-0.4, -0.2) is 48.7 Å². The number of esters is 1. The summed E-state index contributed by atoms with van der Waals surface area (Å²) in [6, 6.07) is 0. The first-order chi connectivity index (χ1) is 26.4. The Bertz CT molecular complexity index is 710. The Hall–Kier alpha value is -1.10. The van der Waals surface area contributed by atoms with Gasteiger partial charge < -0.3 is 14.7 Å². The van der Waals surface area contributed by atoms with Crippen molar-refractivity contribution in [3.8, 4) is 0 Å². The fourth-order valence-corrected chi connectivity index (χ4v) is 8.27. The molecule has 1 unspecified atom stereocenters. The minimum absolute atomic E-state index is 0.0440. The average molecular weight is 766 g/mol. The van der Waals surface area contributed by atoms with Crippen molar-refractivity contribution in [1.29, 1.82) is 0 Å². The van der Waals surface area contributed by atoms with E-state index in [0.717, 1.165) is 18.3 Å². The second-order valence-corrected chi connectivity index (χ2v) is 16.9. The molecule has 0 bridgehead atoms. The van der Waals surface area contributed by atoms with Gasteiger partial charge in [-0.15, -0.1) is 0 Å². The molecule has 5 heteroatoms. The maximum atomic E-state index is 12.3. The van der Waals surface area contributed by atoms with Crippen LogP contribution >= 0.6 is 0 Å². The highest BCUT2D eigenvalue weighted by atomic mass is 16.5. The molecule has 324 valence electrons. The van der Waals surface area contributed by atoms with Crippen LogP contribution in [0.1, 0.15) is 260 Å². The summed E-state index contributed by atoms with van der Waals surface area (Å²) >= 11 is 0. The Morgan fingerprint density at radius 2 is 0.759 bits per heavy atom. The van der Waals surface area contributed by atoms with Gasteiger partial charge in [0.15, 0.2) is 0 Å². The highest BCUT2D eigenvalue weighted by Crippen LogP contribution is 2.25. The highest BCUT2D eigenvalue weighted by Gasteiger charge is 2.15. The number of rotatable bonds is 42. The monoisotopic (exact) mass is 766 g/mol. The van der Waals surface area contributed by atoms with Crippen LogP contribution < -0.4 is 0 Å². The minimum atomic E-state index is -0.250. The summed E-state index contributed by atoms with van der Waals surface area (Å²) in [5, 5.41) is 6.89. The number of carboxylic acid groups (broad SMARTS) is 1. The van der Waals surface area contributed by atoms with E-state index in [0.29, 0.717) is 18.9 Å². The first-order valence-corrected chi connectivity index (χ1v) is 24.4. The molecular weight excluding hydrogens is 667 g/mol. The number of hydrogen-bond acceptors (Lipinski definition) is 4. The normalized spacial score (nSPS) is 12.0. The molecule has 5 nitrogen and oxygen atoms in total. The second kappa shape index (κ2) is 46.3. The largest absolute Gasteiger partial charge is 0.483 e. The van der Waals surface area contributed by atoms with Gasteiger partial charge in [0.05, 0.1) is 6.61 Å². The lowest BCUT2D eigenvalue weighted by molar-refractivity contribution is -0.145. The molecule has 0 saturated heterocycles. The van der Waals surface area contributed by atoms with Crippen molar-refractivity contribution < 1.29 is 19.4 Å². The predicted molar refractivity (Wildman–Crippen MR) is 238 cm³/mol. The van der Waals surface area contributed by atoms with Crippen LogP contribution in [0.5, 0.6) is 0 Å². The Morgan fingerprint density at radius 1 is 0.463 bits per heavy atom. The third-order valence-corrected chi connectivity index (χ3v) is 12.1. The molecule has 1 atom stereocenters. The molecule has 0 aromatic rings. The Labute approximate surface area is 339 Å². The number of hydrogen-bond donors (Lipinski definition) is 1. The SMILES string of the molecule is CCCCC(CCCC)CCCCCCCCCCCC(CCCCCCCCCCOC(=O)CC(CCCC)CCCC)CCN(CC)CC.O=CO. The zero-order valence-corrected chi connectivity index (χ0v) is 37.8. The zero-order chi connectivity index (χ0) is 40.2. The molecule has 0 rings (SSSR count). The van der Waals surface area contributed by atoms with Crippen molar-refractivity contribution in [2.45, 2.75) is 260 Å². The highest BCUT2D eigenvalue weighted by molar-refractivity contribution is 5.69. The van der Waals surface area contributed by atoms with E-state index in [-0.39, 0.29) is 12.4 Å². The van der Waals surface area contributed by atoms with Gasteiger partial charge in [-0.3, -0.25) is 9.59 Å². The molecule has 0 aromatic carbocycles. The standard InChI is InChI=1S/C48H97NO2.CH2O2/c1-7-13-34-45(35-14-8-2)38-30-26-22-18-17-19-23-27-31-39-46(41-42-49(11-5)12-6)40-32-28-24-20-21-25-29-33-43-51-48(50)44-47(36-15-9-3)37-16-10-4;2-1-3/h45-47H,7-44H2,1-6H3;1H,(H,2,3). The van der Waals surface area contributed by atoms with Crippen molar-refractivity contribution in [2.24, 2.45) is 17.8 Å². The number of unbranched alkanes of at least 4 members (excludes halogenated alkanes) is 19. The second-order valence-electron chi connectivity index (χ2n) is 16.9. The van der Waals surface area contributed by atoms with Crippen molar-refractivity contribution in [1.82, 2.24) is 4.90 Å². The summed E-state index contributed by atoms with van der Waals surface area (Å²) < 4.78 is 5.61. The summed E-state index contributed by atoms with van der Waals surface area (Å²) in [5.74, 6) is 2.52. The predicted octanol–water partition coefficient (Wildman–Crippen LogP) is 15.8. The molecule has 54 heavy (non-hydrogen) atoms. The lowest BCUT2D eigenvalue weighted by Gasteiger charge is -2.23. The molecule has 0 heterocycles. The Morgan fingerprint density at radius 3 is 1.11 bits per heavy atom. The number of carbonyl (C=O) groups is 2. The first kappa shape index (κ1) is 55.0. The molecule has 0 fully saturated rings. The summed E-state index contributed by atoms with van der Waals surface area (Å²) in [6.07, 6.45) is 45.9. The quantitative estimate of drug-likeness (QED) is 0.0381. The van der Waals surface area contributed by atoms with Gasteiger partial charge in [0.1, 0.15) is 0 Å². The van der Waals surface area contributed by atoms with E-state index in [2.05, 4.69) is 46.4 Å². The molecule has 0 saturated carbocycles. The molecule has 0 aliphatic carbocycles. The smallest absolute Gasteiger partial charge is 0.306 e. The third kappa shape index (κ3) is 40.6. The Kier molecular flexibility index (Phi) is 47.1. The molecule has 0 radical (unpaired) electrons. The van der Waals surface area contributed by atoms with Crippen LogP contribution in [0.3, 0.4) is 0 Å². The van der Waals surface area contributed by atoms with E-state index in [9.17, 15) is 4.79 Å². The molecule has 0 spiro atoms. The van der Waals surface area contributed by atoms with E-state index in [1.165, 1.54) is 225 Å². The average Bonchev–Trinajstić information content (AvgIpc) is 3.17. The maximum Gasteiger partial charge on any atom is 0.306 e. The van der Waals surface area contributed by atoms with Crippen LogP contribution in [-0.2, 0) is 14.3 Å². The van der Waals surface area contributed by atoms with Gasteiger partial charge in [0.2, 0.25) is 0 Å². The molecule has 0 aliphatic heterocycles. The Balaban J connectivity index is 0. The number of carbonyl (C=O) groups excluding carboxylic acids is 1. The van der Waals surface area contributed by atoms with Gasteiger partial charge in [-0.25, -0.2) is 0 Å². The van der Waals surface area contributed by atoms with Gasteiger partial charge >= 0.3 is 5.97 Å². The third-order valence-electron chi connectivity index (χ3n) is 12.1. The topological polar surface area (TPSA) is 66.8 Å². The van der Waals surface area contributed by atoms with Crippen LogP contribution in [0.2, 0.25) is 0 Å². The van der Waals surface area contributed by atoms with Gasteiger partial charge in [-0.05, 0) is 63.1 Å². The first-order valence-electron chi connectivity index (χ1n) is 24.4. The zero-order valence-electron chi connectivity index (χ0n) is 37.8. The van der Waals surface area contributed by atoms with Crippen LogP contribution in [0.4, 0.5) is 0 Å². The van der Waals surface area contributed by atoms with Crippen LogP contribution in [0.15, 0.2) is 0 Å². The van der Waals surface area contributed by atoms with Gasteiger partial charge in [0, 0.05) is 6.42 Å². The maximum absolute atomic E-state index is 12.3. The minimum Gasteiger partial charge on any atom is -0.483 e. The molecule has 0 aliphatic rings. The van der Waals surface area contributed by atoms with Crippen LogP contribution in [0, 0.1) is 17.8 Å². The van der Waals surface area contributed by atoms with Gasteiger partial charge in [-0.1, -0.05) is 228 Å². The van der Waals surface area contributed by atoms with E-state index in [1.54, 1.807) is 0 Å². The number of ether oxygens (including phenoxy) is 1. The van der Waals surface area contributed by atoms with Gasteiger partial charge in [-0.2, -0.15) is 0 Å². The van der Waals surface area contributed by atoms with E-state index in [4.69, 9.17) is 14.6 Å². The van der Waals surface area contributed by atoms with Crippen molar-refractivity contribution >= 4 is 12.4 Å². The van der Waals surface area contributed by atoms with Crippen molar-refractivity contribution in [3.63, 3.8) is 0 Å². The summed E-state index contributed by atoms with van der Waals surface area (Å²) in [6.45, 7) is 17.9. The summed E-state index contributed by atoms with van der Waals surface area (Å²) in [7, 11) is 0. The van der Waals surface area contributed by atoms with Crippen LogP contribution in [0.25, 0.3) is 0 Å². The molecule has 0 amide bonds. The summed E-state index contributed by atoms with van der Waals surface area (Å²) in [5.41, 5.74) is 0. The van der Waals surface area contributed by atoms with E-state index >= 15 is 0 Å². The fraction of sp³-hybridized carbons (Fsp3) is 0.959.